The predicted molar refractivity (Wildman–Crippen MR) is 82.8 cm³/mol. The normalized spacial score (nSPS) is 17.5. The molecule has 1 fully saturated rings. The summed E-state index contributed by atoms with van der Waals surface area (Å²) >= 11 is 0. The highest BCUT2D eigenvalue weighted by atomic mass is 16.5. The van der Waals surface area contributed by atoms with Crippen LogP contribution in [0.5, 0.6) is 5.75 Å². The molecule has 1 aromatic carbocycles. The molecule has 0 saturated carbocycles. The summed E-state index contributed by atoms with van der Waals surface area (Å²) in [5, 5.41) is 0. The number of hydrogen-bond acceptors (Lipinski definition) is 4. The summed E-state index contributed by atoms with van der Waals surface area (Å²) in [7, 11) is 1.60. The molecule has 2 aromatic rings. The van der Waals surface area contributed by atoms with Crippen LogP contribution in [0.4, 0.5) is 0 Å². The van der Waals surface area contributed by atoms with E-state index in [1.807, 2.05) is 30.0 Å². The van der Waals surface area contributed by atoms with Gasteiger partial charge < -0.3 is 9.64 Å². The van der Waals surface area contributed by atoms with Crippen LogP contribution in [-0.2, 0) is 0 Å². The first kappa shape index (κ1) is 14.5. The fraction of sp³-hybridized carbons (Fsp3) is 0.353. The van der Waals surface area contributed by atoms with Gasteiger partial charge in [-0.3, -0.25) is 14.8 Å². The lowest BCUT2D eigenvalue weighted by Crippen LogP contribution is -2.31. The second-order valence-corrected chi connectivity index (χ2v) is 5.47. The monoisotopic (exact) mass is 297 g/mol. The summed E-state index contributed by atoms with van der Waals surface area (Å²) in [6.07, 6.45) is 5.39. The highest BCUT2D eigenvalue weighted by Gasteiger charge is 2.31. The maximum absolute atomic E-state index is 12.8. The van der Waals surface area contributed by atoms with Crippen LogP contribution in [-0.4, -0.2) is 34.4 Å². The van der Waals surface area contributed by atoms with Crippen LogP contribution in [0.1, 0.15) is 40.6 Å². The van der Waals surface area contributed by atoms with E-state index in [9.17, 15) is 4.79 Å². The Morgan fingerprint density at radius 3 is 3.00 bits per heavy atom. The van der Waals surface area contributed by atoms with Gasteiger partial charge in [0, 0.05) is 18.3 Å². The van der Waals surface area contributed by atoms with E-state index in [1.165, 1.54) is 0 Å². The molecule has 0 N–H and O–H groups in total. The number of aryl methyl sites for hydroxylation is 1. The Labute approximate surface area is 130 Å². The van der Waals surface area contributed by atoms with E-state index in [-0.39, 0.29) is 11.9 Å². The molecule has 5 heteroatoms. The fourth-order valence-electron chi connectivity index (χ4n) is 2.88. The number of aromatic nitrogens is 2. The van der Waals surface area contributed by atoms with Gasteiger partial charge in [0.2, 0.25) is 0 Å². The van der Waals surface area contributed by atoms with Crippen LogP contribution in [0.25, 0.3) is 0 Å². The second kappa shape index (κ2) is 6.13. The van der Waals surface area contributed by atoms with Crippen molar-refractivity contribution in [3.8, 4) is 5.75 Å². The van der Waals surface area contributed by atoms with Crippen molar-refractivity contribution in [2.24, 2.45) is 0 Å². The van der Waals surface area contributed by atoms with E-state index in [0.717, 1.165) is 30.8 Å². The summed E-state index contributed by atoms with van der Waals surface area (Å²) in [4.78, 5) is 23.4. The van der Waals surface area contributed by atoms with Gasteiger partial charge >= 0.3 is 0 Å². The zero-order valence-electron chi connectivity index (χ0n) is 12.8. The number of nitrogens with zero attached hydrogens (tertiary/aromatic N) is 3. The van der Waals surface area contributed by atoms with E-state index in [2.05, 4.69) is 9.97 Å². The molecule has 1 amide bonds. The van der Waals surface area contributed by atoms with Gasteiger partial charge in [0.25, 0.3) is 5.91 Å². The third kappa shape index (κ3) is 2.79. The van der Waals surface area contributed by atoms with Gasteiger partial charge in [-0.2, -0.15) is 0 Å². The van der Waals surface area contributed by atoms with Crippen molar-refractivity contribution in [3.63, 3.8) is 0 Å². The molecule has 1 aliphatic heterocycles. The first-order valence-electron chi connectivity index (χ1n) is 7.42. The molecular weight excluding hydrogens is 278 g/mol. The SMILES string of the molecule is COc1cccc(C(=O)N2CCCC2c2cncc(C)n2)c1. The number of carbonyl (C=O) groups is 1. The maximum atomic E-state index is 12.8. The first-order valence-corrected chi connectivity index (χ1v) is 7.42. The smallest absolute Gasteiger partial charge is 0.254 e. The number of ether oxygens (including phenoxy) is 1. The molecule has 0 bridgehead atoms. The van der Waals surface area contributed by atoms with E-state index >= 15 is 0 Å². The molecule has 0 spiro atoms. The molecule has 0 radical (unpaired) electrons. The van der Waals surface area contributed by atoms with Crippen molar-refractivity contribution >= 4 is 5.91 Å². The molecule has 1 aliphatic rings. The maximum Gasteiger partial charge on any atom is 0.254 e. The number of benzene rings is 1. The molecule has 1 atom stereocenters. The number of likely N-dealkylation sites (tertiary alicyclic amines) is 1. The Balaban J connectivity index is 1.87. The lowest BCUT2D eigenvalue weighted by Gasteiger charge is -2.24. The number of hydrogen-bond donors (Lipinski definition) is 0. The minimum Gasteiger partial charge on any atom is -0.497 e. The molecule has 114 valence electrons. The Bertz CT molecular complexity index is 687. The van der Waals surface area contributed by atoms with Crippen LogP contribution < -0.4 is 4.74 Å². The molecule has 22 heavy (non-hydrogen) atoms. The summed E-state index contributed by atoms with van der Waals surface area (Å²) in [5.41, 5.74) is 2.39. The van der Waals surface area contributed by atoms with Crippen molar-refractivity contribution in [1.29, 1.82) is 0 Å². The quantitative estimate of drug-likeness (QED) is 0.874. The van der Waals surface area contributed by atoms with Crippen molar-refractivity contribution in [2.75, 3.05) is 13.7 Å². The molecule has 5 nitrogen and oxygen atoms in total. The van der Waals surface area contributed by atoms with Crippen molar-refractivity contribution in [3.05, 3.63) is 53.6 Å². The molecule has 1 saturated heterocycles. The van der Waals surface area contributed by atoms with Gasteiger partial charge in [0.15, 0.2) is 0 Å². The van der Waals surface area contributed by atoms with Gasteiger partial charge in [0.1, 0.15) is 5.75 Å². The Kier molecular flexibility index (Phi) is 4.04. The standard InChI is InChI=1S/C17H19N3O2/c1-12-10-18-11-15(19-12)16-7-4-8-20(16)17(21)13-5-3-6-14(9-13)22-2/h3,5-6,9-11,16H,4,7-8H2,1-2H3. The second-order valence-electron chi connectivity index (χ2n) is 5.47. The third-order valence-corrected chi connectivity index (χ3v) is 3.95. The summed E-state index contributed by atoms with van der Waals surface area (Å²) < 4.78 is 5.20. The lowest BCUT2D eigenvalue weighted by atomic mass is 10.1. The van der Waals surface area contributed by atoms with E-state index < -0.39 is 0 Å². The predicted octanol–water partition coefficient (Wildman–Crippen LogP) is 2.77. The van der Waals surface area contributed by atoms with Gasteiger partial charge in [-0.1, -0.05) is 6.07 Å². The lowest BCUT2D eigenvalue weighted by molar-refractivity contribution is 0.0732. The number of methoxy groups -OCH3 is 1. The Hall–Kier alpha value is -2.43. The first-order chi connectivity index (χ1) is 10.7. The van der Waals surface area contributed by atoms with Gasteiger partial charge in [0.05, 0.1) is 30.7 Å². The average Bonchev–Trinajstić information content (AvgIpc) is 3.04. The molecule has 1 unspecified atom stereocenters. The minimum atomic E-state index is 0.00565. The van der Waals surface area contributed by atoms with Crippen LogP contribution in [0, 0.1) is 6.92 Å². The van der Waals surface area contributed by atoms with Gasteiger partial charge in [-0.15, -0.1) is 0 Å². The van der Waals surface area contributed by atoms with E-state index in [1.54, 1.807) is 25.6 Å². The van der Waals surface area contributed by atoms with Crippen molar-refractivity contribution in [2.45, 2.75) is 25.8 Å². The number of carbonyl (C=O) groups excluding carboxylic acids is 1. The van der Waals surface area contributed by atoms with Crippen LogP contribution in [0.3, 0.4) is 0 Å². The third-order valence-electron chi connectivity index (χ3n) is 3.95. The highest BCUT2D eigenvalue weighted by Crippen LogP contribution is 2.32. The molecule has 2 heterocycles. The van der Waals surface area contributed by atoms with E-state index in [4.69, 9.17) is 4.74 Å². The Morgan fingerprint density at radius 2 is 2.23 bits per heavy atom. The van der Waals surface area contributed by atoms with Gasteiger partial charge in [-0.05, 0) is 38.0 Å². The molecular formula is C17H19N3O2. The van der Waals surface area contributed by atoms with E-state index in [0.29, 0.717) is 11.3 Å². The summed E-state index contributed by atoms with van der Waals surface area (Å²) in [6, 6.07) is 7.28. The van der Waals surface area contributed by atoms with Crippen LogP contribution in [0.2, 0.25) is 0 Å². The molecule has 0 aliphatic carbocycles. The zero-order chi connectivity index (χ0) is 15.5. The zero-order valence-corrected chi connectivity index (χ0v) is 12.8. The number of amides is 1. The summed E-state index contributed by atoms with van der Waals surface area (Å²) in [6.45, 7) is 2.66. The average molecular weight is 297 g/mol. The highest BCUT2D eigenvalue weighted by molar-refractivity contribution is 5.95. The number of rotatable bonds is 3. The van der Waals surface area contributed by atoms with Crippen LogP contribution >= 0.6 is 0 Å². The topological polar surface area (TPSA) is 55.3 Å². The summed E-state index contributed by atoms with van der Waals surface area (Å²) in [5.74, 6) is 0.710. The van der Waals surface area contributed by atoms with Crippen molar-refractivity contribution in [1.82, 2.24) is 14.9 Å². The Morgan fingerprint density at radius 1 is 1.36 bits per heavy atom. The fourth-order valence-corrected chi connectivity index (χ4v) is 2.88. The minimum absolute atomic E-state index is 0.00565. The molecule has 3 rings (SSSR count). The van der Waals surface area contributed by atoms with Crippen LogP contribution in [0.15, 0.2) is 36.7 Å². The largest absolute Gasteiger partial charge is 0.497 e. The van der Waals surface area contributed by atoms with Gasteiger partial charge in [-0.25, -0.2) is 0 Å². The van der Waals surface area contributed by atoms with Crippen molar-refractivity contribution < 1.29 is 9.53 Å². The molecule has 1 aromatic heterocycles.